The van der Waals surface area contributed by atoms with E-state index in [-0.39, 0.29) is 5.91 Å². The fraction of sp³-hybridized carbons (Fsp3) is 0.357. The van der Waals surface area contributed by atoms with Gasteiger partial charge in [-0.2, -0.15) is 0 Å². The van der Waals surface area contributed by atoms with Crippen LogP contribution < -0.4 is 10.6 Å². The molecule has 0 aromatic heterocycles. The quantitative estimate of drug-likeness (QED) is 0.758. The first-order valence-corrected chi connectivity index (χ1v) is 5.86. The van der Waals surface area contributed by atoms with Gasteiger partial charge in [-0.25, -0.2) is 0 Å². The summed E-state index contributed by atoms with van der Waals surface area (Å²) >= 11 is 0. The van der Waals surface area contributed by atoms with E-state index in [9.17, 15) is 4.79 Å². The molecule has 0 spiro atoms. The van der Waals surface area contributed by atoms with Crippen LogP contribution >= 0.6 is 0 Å². The maximum Gasteiger partial charge on any atom is 0.252 e. The highest BCUT2D eigenvalue weighted by Crippen LogP contribution is 2.22. The Labute approximate surface area is 102 Å². The molecule has 88 valence electrons. The largest absolute Gasteiger partial charge is 0.385 e. The highest BCUT2D eigenvalue weighted by Gasteiger charge is 2.11. The van der Waals surface area contributed by atoms with E-state index in [0.29, 0.717) is 12.1 Å². The van der Waals surface area contributed by atoms with Crippen molar-refractivity contribution in [1.82, 2.24) is 5.32 Å². The molecule has 1 aliphatic heterocycles. The topological polar surface area (TPSA) is 41.1 Å². The summed E-state index contributed by atoms with van der Waals surface area (Å²) in [6.07, 6.45) is 2.16. The van der Waals surface area contributed by atoms with Gasteiger partial charge in [-0.05, 0) is 43.5 Å². The first kappa shape index (κ1) is 11.5. The summed E-state index contributed by atoms with van der Waals surface area (Å²) in [5.41, 5.74) is 3.09. The number of benzene rings is 1. The van der Waals surface area contributed by atoms with Gasteiger partial charge in [0.15, 0.2) is 0 Å². The minimum absolute atomic E-state index is 0.0545. The van der Waals surface area contributed by atoms with Crippen LogP contribution in [0.1, 0.15) is 29.3 Å². The van der Waals surface area contributed by atoms with Crippen LogP contribution in [0.15, 0.2) is 18.2 Å². The van der Waals surface area contributed by atoms with Crippen LogP contribution in [-0.4, -0.2) is 19.0 Å². The molecule has 2 rings (SSSR count). The van der Waals surface area contributed by atoms with Crippen molar-refractivity contribution >= 4 is 11.6 Å². The molecule has 3 nitrogen and oxygen atoms in total. The average Bonchev–Trinajstić information content (AvgIpc) is 2.38. The number of carbonyl (C=O) groups excluding carboxylic acids is 1. The second kappa shape index (κ2) is 5.40. The Morgan fingerprint density at radius 2 is 2.41 bits per heavy atom. The summed E-state index contributed by atoms with van der Waals surface area (Å²) in [6, 6.07) is 5.80. The lowest BCUT2D eigenvalue weighted by Gasteiger charge is -2.18. The van der Waals surface area contributed by atoms with Crippen LogP contribution in [0, 0.1) is 11.8 Å². The molecule has 0 saturated heterocycles. The molecule has 2 N–H and O–H groups in total. The van der Waals surface area contributed by atoms with Gasteiger partial charge < -0.3 is 10.6 Å². The molecule has 1 aromatic carbocycles. The normalized spacial score (nSPS) is 12.8. The minimum atomic E-state index is -0.0545. The van der Waals surface area contributed by atoms with E-state index >= 15 is 0 Å². The zero-order valence-corrected chi connectivity index (χ0v) is 9.97. The standard InChI is InChI=1S/C14H16N2O/c1-2-3-8-16-14(17)12-6-7-13-11(10-12)5-4-9-15-13/h6-7,10,15H,4-5,8-9H2,1H3,(H,16,17). The SMILES string of the molecule is CC#CCNC(=O)c1ccc2c(c1)CCCN2. The van der Waals surface area contributed by atoms with Gasteiger partial charge >= 0.3 is 0 Å². The lowest BCUT2D eigenvalue weighted by Crippen LogP contribution is -2.24. The van der Waals surface area contributed by atoms with Crippen molar-refractivity contribution in [3.63, 3.8) is 0 Å². The molecule has 0 fully saturated rings. The maximum atomic E-state index is 11.8. The summed E-state index contributed by atoms with van der Waals surface area (Å²) in [4.78, 5) is 11.8. The van der Waals surface area contributed by atoms with Crippen molar-refractivity contribution in [2.45, 2.75) is 19.8 Å². The van der Waals surface area contributed by atoms with Crippen molar-refractivity contribution in [1.29, 1.82) is 0 Å². The zero-order valence-electron chi connectivity index (χ0n) is 9.97. The Hall–Kier alpha value is -1.95. The summed E-state index contributed by atoms with van der Waals surface area (Å²) in [7, 11) is 0. The van der Waals surface area contributed by atoms with Crippen molar-refractivity contribution in [2.24, 2.45) is 0 Å². The molecule has 17 heavy (non-hydrogen) atoms. The van der Waals surface area contributed by atoms with Gasteiger partial charge in [0.1, 0.15) is 0 Å². The van der Waals surface area contributed by atoms with Crippen molar-refractivity contribution in [2.75, 3.05) is 18.4 Å². The molecule has 0 bridgehead atoms. The van der Waals surface area contributed by atoms with Gasteiger partial charge in [-0.1, -0.05) is 5.92 Å². The molecule has 1 aromatic rings. The Kier molecular flexibility index (Phi) is 3.66. The van der Waals surface area contributed by atoms with Gasteiger partial charge in [0.05, 0.1) is 6.54 Å². The monoisotopic (exact) mass is 228 g/mol. The van der Waals surface area contributed by atoms with Gasteiger partial charge in [0.2, 0.25) is 0 Å². The van der Waals surface area contributed by atoms with Crippen LogP contribution in [0.5, 0.6) is 0 Å². The van der Waals surface area contributed by atoms with Crippen LogP contribution in [-0.2, 0) is 6.42 Å². The number of anilines is 1. The smallest absolute Gasteiger partial charge is 0.252 e. The van der Waals surface area contributed by atoms with E-state index in [0.717, 1.165) is 25.1 Å². The fourth-order valence-electron chi connectivity index (χ4n) is 1.93. The number of hydrogen-bond donors (Lipinski definition) is 2. The van der Waals surface area contributed by atoms with Crippen molar-refractivity contribution in [3.8, 4) is 11.8 Å². The summed E-state index contributed by atoms with van der Waals surface area (Å²) < 4.78 is 0. The summed E-state index contributed by atoms with van der Waals surface area (Å²) in [5.74, 6) is 5.51. The third-order valence-corrected chi connectivity index (χ3v) is 2.82. The first-order chi connectivity index (χ1) is 8.31. The number of amides is 1. The maximum absolute atomic E-state index is 11.8. The molecular formula is C14H16N2O. The molecule has 0 radical (unpaired) electrons. The molecule has 0 saturated carbocycles. The summed E-state index contributed by atoms with van der Waals surface area (Å²) in [6.45, 7) is 3.19. The van der Waals surface area contributed by atoms with Gasteiger partial charge in [-0.3, -0.25) is 4.79 Å². The van der Waals surface area contributed by atoms with Crippen molar-refractivity contribution < 1.29 is 4.79 Å². The Balaban J connectivity index is 2.10. The summed E-state index contributed by atoms with van der Waals surface area (Å²) in [5, 5.41) is 6.10. The third-order valence-electron chi connectivity index (χ3n) is 2.82. The van der Waals surface area contributed by atoms with Crippen molar-refractivity contribution in [3.05, 3.63) is 29.3 Å². The molecule has 0 atom stereocenters. The molecule has 1 heterocycles. The predicted octanol–water partition coefficient (Wildman–Crippen LogP) is 1.80. The molecule has 3 heteroatoms. The minimum Gasteiger partial charge on any atom is -0.385 e. The fourth-order valence-corrected chi connectivity index (χ4v) is 1.93. The van der Waals surface area contributed by atoms with Crippen LogP contribution in [0.2, 0.25) is 0 Å². The number of carbonyl (C=O) groups is 1. The Morgan fingerprint density at radius 3 is 3.24 bits per heavy atom. The molecule has 0 unspecified atom stereocenters. The van der Waals surface area contributed by atoms with E-state index in [2.05, 4.69) is 22.5 Å². The third kappa shape index (κ3) is 2.79. The highest BCUT2D eigenvalue weighted by molar-refractivity contribution is 5.95. The number of aryl methyl sites for hydroxylation is 1. The molecule has 0 aliphatic carbocycles. The number of rotatable bonds is 2. The lowest BCUT2D eigenvalue weighted by atomic mass is 10.0. The lowest BCUT2D eigenvalue weighted by molar-refractivity contribution is 0.0958. The molecule has 1 amide bonds. The van der Waals surface area contributed by atoms with Gasteiger partial charge in [0, 0.05) is 17.8 Å². The zero-order chi connectivity index (χ0) is 12.1. The Bertz CT molecular complexity index is 483. The second-order valence-corrected chi connectivity index (χ2v) is 4.01. The van der Waals surface area contributed by atoms with Crippen LogP contribution in [0.25, 0.3) is 0 Å². The first-order valence-electron chi connectivity index (χ1n) is 5.86. The number of nitrogens with one attached hydrogen (secondary N) is 2. The predicted molar refractivity (Wildman–Crippen MR) is 69.0 cm³/mol. The number of fused-ring (bicyclic) bond motifs is 1. The molecule has 1 aliphatic rings. The molecular weight excluding hydrogens is 212 g/mol. The van der Waals surface area contributed by atoms with Gasteiger partial charge in [0.25, 0.3) is 5.91 Å². The van der Waals surface area contributed by atoms with Crippen LogP contribution in [0.4, 0.5) is 5.69 Å². The van der Waals surface area contributed by atoms with Crippen LogP contribution in [0.3, 0.4) is 0 Å². The Morgan fingerprint density at radius 1 is 1.53 bits per heavy atom. The van der Waals surface area contributed by atoms with E-state index < -0.39 is 0 Å². The van der Waals surface area contributed by atoms with E-state index in [1.807, 2.05) is 18.2 Å². The van der Waals surface area contributed by atoms with Gasteiger partial charge in [-0.15, -0.1) is 5.92 Å². The second-order valence-electron chi connectivity index (χ2n) is 4.01. The number of hydrogen-bond acceptors (Lipinski definition) is 2. The van der Waals surface area contributed by atoms with E-state index in [1.54, 1.807) is 6.92 Å². The highest BCUT2D eigenvalue weighted by atomic mass is 16.1. The average molecular weight is 228 g/mol. The van der Waals surface area contributed by atoms with E-state index in [4.69, 9.17) is 0 Å². The van der Waals surface area contributed by atoms with E-state index in [1.165, 1.54) is 5.56 Å².